The van der Waals surface area contributed by atoms with E-state index in [-0.39, 0.29) is 36.5 Å². The van der Waals surface area contributed by atoms with Crippen molar-refractivity contribution in [2.75, 3.05) is 44.2 Å². The van der Waals surface area contributed by atoms with Gasteiger partial charge in [-0.1, -0.05) is 19.1 Å². The van der Waals surface area contributed by atoms with Crippen molar-refractivity contribution in [2.24, 2.45) is 11.8 Å². The summed E-state index contributed by atoms with van der Waals surface area (Å²) in [6.45, 7) is 6.12. The molecule has 1 aromatic carbocycles. The largest absolute Gasteiger partial charge is 0.490 e. The van der Waals surface area contributed by atoms with Crippen LogP contribution < -0.4 is 9.64 Å². The highest BCUT2D eigenvalue weighted by Gasteiger charge is 2.32. The molecule has 3 heterocycles. The van der Waals surface area contributed by atoms with Gasteiger partial charge >= 0.3 is 0 Å². The van der Waals surface area contributed by atoms with Crippen LogP contribution in [0.5, 0.6) is 5.75 Å². The van der Waals surface area contributed by atoms with Crippen LogP contribution in [0, 0.1) is 11.8 Å². The van der Waals surface area contributed by atoms with Crippen LogP contribution in [-0.2, 0) is 14.4 Å². The van der Waals surface area contributed by atoms with Gasteiger partial charge in [0.25, 0.3) is 0 Å². The number of hydrogen-bond acceptors (Lipinski definition) is 4. The first-order valence-electron chi connectivity index (χ1n) is 11.6. The van der Waals surface area contributed by atoms with E-state index in [0.717, 1.165) is 38.0 Å². The molecule has 4 rings (SSSR count). The molecule has 0 spiro atoms. The van der Waals surface area contributed by atoms with Crippen LogP contribution in [-0.4, -0.2) is 66.9 Å². The van der Waals surface area contributed by atoms with Gasteiger partial charge in [-0.2, -0.15) is 0 Å². The van der Waals surface area contributed by atoms with Crippen LogP contribution >= 0.6 is 0 Å². The Hall–Kier alpha value is -2.57. The van der Waals surface area contributed by atoms with Crippen molar-refractivity contribution in [3.63, 3.8) is 0 Å². The molecule has 1 atom stereocenters. The SMILES string of the molecule is CC1CCCN(C(=O)C2CCN(C(=O)CCC(=O)N3CCOc4ccccc43)CC2)C1. The lowest BCUT2D eigenvalue weighted by molar-refractivity contribution is -0.142. The quantitative estimate of drug-likeness (QED) is 0.741. The average Bonchev–Trinajstić information content (AvgIpc) is 2.81. The highest BCUT2D eigenvalue weighted by molar-refractivity contribution is 5.97. The van der Waals surface area contributed by atoms with Gasteiger partial charge in [-0.05, 0) is 43.7 Å². The smallest absolute Gasteiger partial charge is 0.227 e. The maximum Gasteiger partial charge on any atom is 0.227 e. The molecule has 0 bridgehead atoms. The molecule has 0 saturated carbocycles. The average molecular weight is 428 g/mol. The number of para-hydroxylation sites is 2. The van der Waals surface area contributed by atoms with E-state index in [1.165, 1.54) is 6.42 Å². The molecule has 2 fully saturated rings. The number of anilines is 1. The number of rotatable bonds is 4. The molecular weight excluding hydrogens is 394 g/mol. The van der Waals surface area contributed by atoms with E-state index in [9.17, 15) is 14.4 Å². The lowest BCUT2D eigenvalue weighted by Gasteiger charge is -2.37. The Bertz CT molecular complexity index is 819. The second kappa shape index (κ2) is 9.71. The molecule has 0 N–H and O–H groups in total. The van der Waals surface area contributed by atoms with E-state index >= 15 is 0 Å². The summed E-state index contributed by atoms with van der Waals surface area (Å²) in [5.41, 5.74) is 0.776. The number of likely N-dealkylation sites (tertiary alicyclic amines) is 2. The molecule has 3 aliphatic heterocycles. The predicted molar refractivity (Wildman–Crippen MR) is 118 cm³/mol. The first-order chi connectivity index (χ1) is 15.0. The normalized spacial score (nSPS) is 22.0. The molecule has 3 amide bonds. The molecule has 168 valence electrons. The van der Waals surface area contributed by atoms with Gasteiger partial charge in [0.2, 0.25) is 17.7 Å². The standard InChI is InChI=1S/C24H33N3O4/c1-18-5-4-12-26(17-18)24(30)19-10-13-25(14-11-19)22(28)8-9-23(29)27-15-16-31-21-7-3-2-6-20(21)27/h2-3,6-7,18-19H,4-5,8-17H2,1H3. The fraction of sp³-hybridized carbons (Fsp3) is 0.625. The molecule has 1 unspecified atom stereocenters. The Labute approximate surface area is 184 Å². The van der Waals surface area contributed by atoms with Crippen molar-refractivity contribution in [1.82, 2.24) is 9.80 Å². The highest BCUT2D eigenvalue weighted by atomic mass is 16.5. The number of piperidine rings is 2. The number of ether oxygens (including phenoxy) is 1. The number of hydrogen-bond donors (Lipinski definition) is 0. The summed E-state index contributed by atoms with van der Waals surface area (Å²) >= 11 is 0. The van der Waals surface area contributed by atoms with Gasteiger partial charge in [0.15, 0.2) is 0 Å². The molecule has 0 aromatic heterocycles. The van der Waals surface area contributed by atoms with Crippen LogP contribution in [0.2, 0.25) is 0 Å². The molecule has 1 aromatic rings. The number of benzene rings is 1. The van der Waals surface area contributed by atoms with E-state index in [4.69, 9.17) is 4.74 Å². The van der Waals surface area contributed by atoms with E-state index in [2.05, 4.69) is 6.92 Å². The Morgan fingerprint density at radius 3 is 2.45 bits per heavy atom. The summed E-state index contributed by atoms with van der Waals surface area (Å²) in [6, 6.07) is 7.50. The molecule has 3 aliphatic rings. The number of carbonyl (C=O) groups is 3. The Morgan fingerprint density at radius 1 is 0.935 bits per heavy atom. The third-order valence-corrected chi connectivity index (χ3v) is 6.75. The minimum Gasteiger partial charge on any atom is -0.490 e. The number of nitrogens with zero attached hydrogens (tertiary/aromatic N) is 3. The van der Waals surface area contributed by atoms with Gasteiger partial charge < -0.3 is 19.4 Å². The van der Waals surface area contributed by atoms with Gasteiger partial charge in [0.1, 0.15) is 12.4 Å². The van der Waals surface area contributed by atoms with Crippen molar-refractivity contribution >= 4 is 23.4 Å². The summed E-state index contributed by atoms with van der Waals surface area (Å²) < 4.78 is 5.60. The van der Waals surface area contributed by atoms with E-state index in [1.54, 1.807) is 4.90 Å². The third kappa shape index (κ3) is 5.02. The summed E-state index contributed by atoms with van der Waals surface area (Å²) in [7, 11) is 0. The van der Waals surface area contributed by atoms with E-state index < -0.39 is 0 Å². The zero-order chi connectivity index (χ0) is 21.8. The molecule has 7 heteroatoms. The second-order valence-corrected chi connectivity index (χ2v) is 9.05. The van der Waals surface area contributed by atoms with Crippen molar-refractivity contribution in [1.29, 1.82) is 0 Å². The minimum atomic E-state index is -0.0478. The zero-order valence-electron chi connectivity index (χ0n) is 18.4. The molecule has 2 saturated heterocycles. The summed E-state index contributed by atoms with van der Waals surface area (Å²) in [5.74, 6) is 1.54. The summed E-state index contributed by atoms with van der Waals surface area (Å²) in [6.07, 6.45) is 4.14. The first kappa shape index (κ1) is 21.7. The first-order valence-corrected chi connectivity index (χ1v) is 11.6. The second-order valence-electron chi connectivity index (χ2n) is 9.05. The van der Waals surface area contributed by atoms with Crippen molar-refractivity contribution in [3.8, 4) is 5.75 Å². The maximum atomic E-state index is 12.8. The highest BCUT2D eigenvalue weighted by Crippen LogP contribution is 2.31. The van der Waals surface area contributed by atoms with Gasteiger partial charge in [0, 0.05) is 44.9 Å². The van der Waals surface area contributed by atoms with Gasteiger partial charge in [0.05, 0.1) is 12.2 Å². The minimum absolute atomic E-state index is 0.00684. The zero-order valence-corrected chi connectivity index (χ0v) is 18.4. The molecule has 0 aliphatic carbocycles. The van der Waals surface area contributed by atoms with Gasteiger partial charge in [-0.25, -0.2) is 0 Å². The Balaban J connectivity index is 1.23. The van der Waals surface area contributed by atoms with Crippen LogP contribution in [0.1, 0.15) is 45.4 Å². The van der Waals surface area contributed by atoms with Gasteiger partial charge in [-0.15, -0.1) is 0 Å². The Morgan fingerprint density at radius 2 is 1.68 bits per heavy atom. The number of fused-ring (bicyclic) bond motifs is 1. The predicted octanol–water partition coefficient (Wildman–Crippen LogP) is 2.69. The molecule has 0 radical (unpaired) electrons. The third-order valence-electron chi connectivity index (χ3n) is 6.75. The van der Waals surface area contributed by atoms with Crippen molar-refractivity contribution in [2.45, 2.75) is 45.4 Å². The summed E-state index contributed by atoms with van der Waals surface area (Å²) in [4.78, 5) is 43.8. The van der Waals surface area contributed by atoms with Crippen LogP contribution in [0.25, 0.3) is 0 Å². The van der Waals surface area contributed by atoms with Crippen molar-refractivity contribution in [3.05, 3.63) is 24.3 Å². The molecule has 7 nitrogen and oxygen atoms in total. The van der Waals surface area contributed by atoms with Crippen molar-refractivity contribution < 1.29 is 19.1 Å². The fourth-order valence-corrected chi connectivity index (χ4v) is 4.96. The van der Waals surface area contributed by atoms with E-state index in [0.29, 0.717) is 37.9 Å². The number of carbonyl (C=O) groups excluding carboxylic acids is 3. The van der Waals surface area contributed by atoms with Crippen LogP contribution in [0.15, 0.2) is 24.3 Å². The monoisotopic (exact) mass is 427 g/mol. The fourth-order valence-electron chi connectivity index (χ4n) is 4.96. The molecule has 31 heavy (non-hydrogen) atoms. The van der Waals surface area contributed by atoms with Gasteiger partial charge in [-0.3, -0.25) is 14.4 Å². The lowest BCUT2D eigenvalue weighted by atomic mass is 9.92. The maximum absolute atomic E-state index is 12.8. The van der Waals surface area contributed by atoms with E-state index in [1.807, 2.05) is 34.1 Å². The molecular formula is C24H33N3O4. The lowest BCUT2D eigenvalue weighted by Crippen LogP contribution is -2.47. The Kier molecular flexibility index (Phi) is 6.78. The van der Waals surface area contributed by atoms with Crippen LogP contribution in [0.4, 0.5) is 5.69 Å². The summed E-state index contributed by atoms with van der Waals surface area (Å²) in [5, 5.41) is 0. The van der Waals surface area contributed by atoms with Crippen LogP contribution in [0.3, 0.4) is 0 Å². The topological polar surface area (TPSA) is 70.2 Å². The number of amides is 3.